The van der Waals surface area contributed by atoms with Crippen molar-refractivity contribution in [2.75, 3.05) is 13.2 Å². The van der Waals surface area contributed by atoms with Crippen LogP contribution in [0.2, 0.25) is 0 Å². The van der Waals surface area contributed by atoms with Crippen LogP contribution in [0, 0.1) is 5.92 Å². The lowest BCUT2D eigenvalue weighted by molar-refractivity contribution is -0.225. The van der Waals surface area contributed by atoms with Crippen molar-refractivity contribution in [1.82, 2.24) is 0 Å². The van der Waals surface area contributed by atoms with E-state index in [9.17, 15) is 9.59 Å². The second-order valence-electron chi connectivity index (χ2n) is 5.62. The summed E-state index contributed by atoms with van der Waals surface area (Å²) >= 11 is 0. The third-order valence-corrected chi connectivity index (χ3v) is 3.40. The van der Waals surface area contributed by atoms with Crippen LogP contribution in [0.15, 0.2) is 25.3 Å². The Morgan fingerprint density at radius 3 is 2.08 bits per heavy atom. The topological polar surface area (TPSA) is 71.1 Å². The Morgan fingerprint density at radius 2 is 1.62 bits per heavy atom. The van der Waals surface area contributed by atoms with Crippen molar-refractivity contribution in [2.45, 2.75) is 72.9 Å². The van der Waals surface area contributed by atoms with Gasteiger partial charge in [0.05, 0.1) is 6.61 Å². The summed E-state index contributed by atoms with van der Waals surface area (Å²) in [6.07, 6.45) is 5.94. The molecule has 0 amide bonds. The van der Waals surface area contributed by atoms with Gasteiger partial charge in [0.2, 0.25) is 6.29 Å². The van der Waals surface area contributed by atoms with E-state index in [0.717, 1.165) is 18.9 Å². The molecule has 0 N–H and O–H groups in total. The summed E-state index contributed by atoms with van der Waals surface area (Å²) in [5.41, 5.74) is 0. The van der Waals surface area contributed by atoms with Gasteiger partial charge in [-0.25, -0.2) is 9.59 Å². The van der Waals surface area contributed by atoms with Gasteiger partial charge in [-0.15, -0.1) is 0 Å². The third kappa shape index (κ3) is 17.2. The van der Waals surface area contributed by atoms with E-state index in [2.05, 4.69) is 27.0 Å². The molecule has 0 spiro atoms. The lowest BCUT2D eigenvalue weighted by atomic mass is 10.0. The zero-order valence-electron chi connectivity index (χ0n) is 17.0. The van der Waals surface area contributed by atoms with E-state index in [1.54, 1.807) is 13.8 Å². The molecule has 3 atom stereocenters. The summed E-state index contributed by atoms with van der Waals surface area (Å²) < 4.78 is 20.0. The molecule has 0 heterocycles. The monoisotopic (exact) mass is 372 g/mol. The van der Waals surface area contributed by atoms with Gasteiger partial charge in [-0.2, -0.15) is 0 Å². The Labute approximate surface area is 158 Å². The van der Waals surface area contributed by atoms with Crippen LogP contribution < -0.4 is 0 Å². The number of unbranched alkanes of at least 4 members (excludes halogenated alkanes) is 1. The van der Waals surface area contributed by atoms with E-state index in [-0.39, 0.29) is 12.3 Å². The SMILES string of the molecule is C=CC(=O)OC(C)OC(C)OCC.C=CC(=O)OCC(CC)CCCC. The summed E-state index contributed by atoms with van der Waals surface area (Å²) in [6.45, 7) is 17.2. The smallest absolute Gasteiger partial charge is 0.332 e. The number of hydrogen-bond acceptors (Lipinski definition) is 6. The molecule has 0 fully saturated rings. The van der Waals surface area contributed by atoms with Crippen LogP contribution in [0.1, 0.15) is 60.3 Å². The largest absolute Gasteiger partial charge is 0.462 e. The van der Waals surface area contributed by atoms with Crippen LogP contribution in [0.25, 0.3) is 0 Å². The average Bonchev–Trinajstić information content (AvgIpc) is 2.61. The van der Waals surface area contributed by atoms with Crippen molar-refractivity contribution in [2.24, 2.45) is 5.92 Å². The third-order valence-electron chi connectivity index (χ3n) is 3.40. The van der Waals surface area contributed by atoms with Gasteiger partial charge in [0.15, 0.2) is 6.29 Å². The molecule has 0 saturated heterocycles. The highest BCUT2D eigenvalue weighted by Crippen LogP contribution is 2.12. The minimum absolute atomic E-state index is 0.310. The number of ether oxygens (including phenoxy) is 4. The van der Waals surface area contributed by atoms with Gasteiger partial charge in [0.1, 0.15) is 0 Å². The van der Waals surface area contributed by atoms with Crippen molar-refractivity contribution in [1.29, 1.82) is 0 Å². The van der Waals surface area contributed by atoms with Crippen LogP contribution in [-0.2, 0) is 28.5 Å². The van der Waals surface area contributed by atoms with Crippen LogP contribution in [0.3, 0.4) is 0 Å². The number of rotatable bonds is 13. The summed E-state index contributed by atoms with van der Waals surface area (Å²) in [5, 5.41) is 0. The van der Waals surface area contributed by atoms with Crippen molar-refractivity contribution in [3.05, 3.63) is 25.3 Å². The zero-order chi connectivity index (χ0) is 20.4. The summed E-state index contributed by atoms with van der Waals surface area (Å²) in [5.74, 6) is -0.296. The number of esters is 2. The van der Waals surface area contributed by atoms with E-state index in [1.165, 1.54) is 18.9 Å². The highest BCUT2D eigenvalue weighted by molar-refractivity contribution is 5.81. The molecule has 0 aliphatic heterocycles. The molecule has 0 aromatic carbocycles. The molecule has 0 bridgehead atoms. The molecule has 0 saturated carbocycles. The van der Waals surface area contributed by atoms with Gasteiger partial charge >= 0.3 is 11.9 Å². The second kappa shape index (κ2) is 18.1. The molecule has 3 unspecified atom stereocenters. The summed E-state index contributed by atoms with van der Waals surface area (Å²) in [4.78, 5) is 21.5. The van der Waals surface area contributed by atoms with Gasteiger partial charge < -0.3 is 18.9 Å². The van der Waals surface area contributed by atoms with Crippen LogP contribution in [-0.4, -0.2) is 37.7 Å². The first-order valence-electron chi connectivity index (χ1n) is 9.23. The fourth-order valence-corrected chi connectivity index (χ4v) is 1.94. The molecule has 0 aromatic heterocycles. The summed E-state index contributed by atoms with van der Waals surface area (Å²) in [7, 11) is 0. The average molecular weight is 373 g/mol. The Bertz CT molecular complexity index is 394. The van der Waals surface area contributed by atoms with Crippen molar-refractivity contribution < 1.29 is 28.5 Å². The Balaban J connectivity index is 0. The quantitative estimate of drug-likeness (QED) is 0.271. The van der Waals surface area contributed by atoms with Crippen LogP contribution >= 0.6 is 0 Å². The van der Waals surface area contributed by atoms with E-state index in [4.69, 9.17) is 18.9 Å². The molecular weight excluding hydrogens is 336 g/mol. The molecule has 26 heavy (non-hydrogen) atoms. The first kappa shape index (κ1) is 26.6. The zero-order valence-corrected chi connectivity index (χ0v) is 17.0. The molecule has 0 aliphatic rings. The maximum atomic E-state index is 10.8. The molecular formula is C20H36O6. The van der Waals surface area contributed by atoms with Gasteiger partial charge in [-0.1, -0.05) is 46.3 Å². The van der Waals surface area contributed by atoms with Crippen molar-refractivity contribution >= 4 is 11.9 Å². The normalized spacial score (nSPS) is 13.4. The number of hydrogen-bond donors (Lipinski definition) is 0. The van der Waals surface area contributed by atoms with Gasteiger partial charge in [-0.05, 0) is 33.1 Å². The molecule has 0 rings (SSSR count). The predicted octanol–water partition coefficient (Wildman–Crippen LogP) is 4.39. The predicted molar refractivity (Wildman–Crippen MR) is 102 cm³/mol. The van der Waals surface area contributed by atoms with Gasteiger partial charge in [-0.3, -0.25) is 0 Å². The number of carbonyl (C=O) groups is 2. The lowest BCUT2D eigenvalue weighted by Crippen LogP contribution is -2.24. The molecule has 6 heteroatoms. The van der Waals surface area contributed by atoms with E-state index in [1.807, 2.05) is 6.92 Å². The van der Waals surface area contributed by atoms with Gasteiger partial charge in [0.25, 0.3) is 0 Å². The summed E-state index contributed by atoms with van der Waals surface area (Å²) in [6, 6.07) is 0. The fourth-order valence-electron chi connectivity index (χ4n) is 1.94. The van der Waals surface area contributed by atoms with Crippen molar-refractivity contribution in [3.63, 3.8) is 0 Å². The number of carbonyl (C=O) groups excluding carboxylic acids is 2. The molecule has 6 nitrogen and oxygen atoms in total. The minimum atomic E-state index is -0.618. The van der Waals surface area contributed by atoms with E-state index >= 15 is 0 Å². The second-order valence-corrected chi connectivity index (χ2v) is 5.62. The maximum Gasteiger partial charge on any atom is 0.332 e. The fraction of sp³-hybridized carbons (Fsp3) is 0.700. The Hall–Kier alpha value is -1.66. The minimum Gasteiger partial charge on any atom is -0.462 e. The highest BCUT2D eigenvalue weighted by Gasteiger charge is 2.10. The highest BCUT2D eigenvalue weighted by atomic mass is 16.8. The van der Waals surface area contributed by atoms with E-state index < -0.39 is 12.3 Å². The Kier molecular flexibility index (Phi) is 18.5. The van der Waals surface area contributed by atoms with Gasteiger partial charge in [0, 0.05) is 18.8 Å². The maximum absolute atomic E-state index is 10.8. The van der Waals surface area contributed by atoms with Crippen LogP contribution in [0.5, 0.6) is 0 Å². The molecule has 0 radical (unpaired) electrons. The molecule has 0 aliphatic carbocycles. The first-order chi connectivity index (χ1) is 12.3. The molecule has 152 valence electrons. The van der Waals surface area contributed by atoms with Crippen LogP contribution in [0.4, 0.5) is 0 Å². The first-order valence-corrected chi connectivity index (χ1v) is 9.23. The Morgan fingerprint density at radius 1 is 1.00 bits per heavy atom. The lowest BCUT2D eigenvalue weighted by Gasteiger charge is -2.18. The molecule has 0 aromatic rings. The van der Waals surface area contributed by atoms with Crippen molar-refractivity contribution in [3.8, 4) is 0 Å². The van der Waals surface area contributed by atoms with E-state index in [0.29, 0.717) is 19.1 Å². The standard InChI is InChI=1S/C11H20O2.C9H16O4/c1-4-7-8-10(5-2)9-13-11(12)6-3;1-5-9(10)13-8(4)12-7(3)11-6-2/h6,10H,3-5,7-9H2,1-2H3;5,7-8H,1,6H2,2-4H3.